The normalized spacial score (nSPS) is 18.4. The van der Waals surface area contributed by atoms with E-state index in [-0.39, 0.29) is 11.9 Å². The van der Waals surface area contributed by atoms with E-state index in [4.69, 9.17) is 9.15 Å². The molecule has 1 atom stereocenters. The molecular weight excluding hydrogens is 328 g/mol. The van der Waals surface area contributed by atoms with E-state index in [1.165, 1.54) is 19.3 Å². The van der Waals surface area contributed by atoms with Crippen molar-refractivity contribution in [1.82, 2.24) is 10.2 Å². The van der Waals surface area contributed by atoms with Crippen LogP contribution in [0, 0.1) is 0 Å². The molecule has 26 heavy (non-hydrogen) atoms. The Balaban J connectivity index is 1.44. The summed E-state index contributed by atoms with van der Waals surface area (Å²) in [5, 5.41) is 3.08. The van der Waals surface area contributed by atoms with Gasteiger partial charge in [-0.1, -0.05) is 24.6 Å². The third kappa shape index (κ3) is 3.68. The fourth-order valence-electron chi connectivity index (χ4n) is 3.67. The number of hydrogen-bond donors (Lipinski definition) is 1. The molecule has 1 saturated heterocycles. The van der Waals surface area contributed by atoms with Crippen molar-refractivity contribution < 1.29 is 13.9 Å². The van der Waals surface area contributed by atoms with Crippen molar-refractivity contribution in [2.75, 3.05) is 26.2 Å². The summed E-state index contributed by atoms with van der Waals surface area (Å²) in [6.07, 6.45) is 7.28. The lowest BCUT2D eigenvalue weighted by Crippen LogP contribution is -2.41. The lowest BCUT2D eigenvalue weighted by Gasteiger charge is -2.33. The Morgan fingerprint density at radius 2 is 1.96 bits per heavy atom. The second kappa shape index (κ2) is 7.79. The number of furan rings is 1. The first-order valence-electron chi connectivity index (χ1n) is 9.29. The van der Waals surface area contributed by atoms with E-state index in [2.05, 4.69) is 10.2 Å². The molecule has 2 aliphatic rings. The molecule has 1 aromatic heterocycles. The number of hydrogen-bond acceptors (Lipinski definition) is 4. The van der Waals surface area contributed by atoms with E-state index in [0.29, 0.717) is 18.7 Å². The maximum Gasteiger partial charge on any atom is 0.250 e. The van der Waals surface area contributed by atoms with E-state index in [1.807, 2.05) is 42.5 Å². The Hall–Kier alpha value is -2.53. The number of likely N-dealkylation sites (tertiary alicyclic amines) is 1. The second-order valence-electron chi connectivity index (χ2n) is 6.83. The van der Waals surface area contributed by atoms with Crippen molar-refractivity contribution in [3.63, 3.8) is 0 Å². The number of carbonyl (C=O) groups excluding carboxylic acids is 1. The molecular formula is C21H24N2O3. The largest absolute Gasteiger partial charge is 0.488 e. The topological polar surface area (TPSA) is 54.7 Å². The minimum atomic E-state index is -0.0759. The van der Waals surface area contributed by atoms with Crippen LogP contribution in [0.4, 0.5) is 0 Å². The Bertz CT molecular complexity index is 776. The Morgan fingerprint density at radius 1 is 1.12 bits per heavy atom. The van der Waals surface area contributed by atoms with Gasteiger partial charge in [-0.05, 0) is 50.2 Å². The number of rotatable bonds is 5. The average Bonchev–Trinajstić information content (AvgIpc) is 3.23. The molecule has 1 N–H and O–H groups in total. The zero-order chi connectivity index (χ0) is 17.8. The Morgan fingerprint density at radius 3 is 2.77 bits per heavy atom. The minimum Gasteiger partial charge on any atom is -0.488 e. The van der Waals surface area contributed by atoms with Gasteiger partial charge >= 0.3 is 0 Å². The van der Waals surface area contributed by atoms with Gasteiger partial charge in [-0.2, -0.15) is 0 Å². The molecule has 4 rings (SSSR count). The van der Waals surface area contributed by atoms with E-state index >= 15 is 0 Å². The molecule has 1 unspecified atom stereocenters. The fraction of sp³-hybridized carbons (Fsp3) is 0.381. The third-order valence-electron chi connectivity index (χ3n) is 5.08. The molecule has 0 radical (unpaired) electrons. The summed E-state index contributed by atoms with van der Waals surface area (Å²) in [4.78, 5) is 15.1. The predicted molar refractivity (Wildman–Crippen MR) is 99.8 cm³/mol. The van der Waals surface area contributed by atoms with Crippen LogP contribution in [0.5, 0.6) is 5.75 Å². The summed E-state index contributed by atoms with van der Waals surface area (Å²) in [5.74, 6) is 1.66. The average molecular weight is 352 g/mol. The number of nitrogens with zero attached hydrogens (tertiary/aromatic N) is 1. The van der Waals surface area contributed by atoms with Gasteiger partial charge in [0.1, 0.15) is 18.1 Å². The first kappa shape index (κ1) is 16.9. The highest BCUT2D eigenvalue weighted by molar-refractivity contribution is 5.99. The van der Waals surface area contributed by atoms with E-state index in [9.17, 15) is 4.79 Å². The first-order valence-corrected chi connectivity index (χ1v) is 9.29. The molecule has 2 aromatic rings. The number of fused-ring (bicyclic) bond motifs is 1. The molecule has 5 nitrogen and oxygen atoms in total. The van der Waals surface area contributed by atoms with Crippen molar-refractivity contribution in [3.8, 4) is 5.75 Å². The van der Waals surface area contributed by atoms with E-state index in [1.54, 1.807) is 6.26 Å². The van der Waals surface area contributed by atoms with Crippen LogP contribution in [0.15, 0.2) is 52.7 Å². The zero-order valence-electron chi connectivity index (χ0n) is 14.8. The molecule has 136 valence electrons. The van der Waals surface area contributed by atoms with Crippen molar-refractivity contribution in [1.29, 1.82) is 0 Å². The second-order valence-corrected chi connectivity index (χ2v) is 6.83. The predicted octanol–water partition coefficient (Wildman–Crippen LogP) is 3.40. The summed E-state index contributed by atoms with van der Waals surface area (Å²) in [6, 6.07) is 11.7. The van der Waals surface area contributed by atoms with Crippen molar-refractivity contribution >= 4 is 12.0 Å². The summed E-state index contributed by atoms with van der Waals surface area (Å²) in [5.41, 5.74) is 1.60. The van der Waals surface area contributed by atoms with Crippen LogP contribution in [0.25, 0.3) is 6.08 Å². The van der Waals surface area contributed by atoms with Crippen LogP contribution in [-0.4, -0.2) is 37.0 Å². The monoisotopic (exact) mass is 352 g/mol. The van der Waals surface area contributed by atoms with Crippen molar-refractivity contribution in [3.05, 3.63) is 59.6 Å². The third-order valence-corrected chi connectivity index (χ3v) is 5.08. The Kier molecular flexibility index (Phi) is 5.07. The standard InChI is InChI=1S/C21H24N2O3/c24-21(17-13-16-7-2-3-8-19(16)26-15-17)22-14-18(20-9-6-12-25-20)23-10-4-1-5-11-23/h2-3,6-9,12-13,18H,1,4-5,10-11,14-15H2,(H,22,24). The number of benzene rings is 1. The molecule has 3 heterocycles. The molecule has 1 aromatic carbocycles. The summed E-state index contributed by atoms with van der Waals surface area (Å²) in [7, 11) is 0. The molecule has 1 amide bonds. The van der Waals surface area contributed by atoms with Gasteiger partial charge < -0.3 is 14.5 Å². The van der Waals surface area contributed by atoms with Crippen LogP contribution in [-0.2, 0) is 4.79 Å². The van der Waals surface area contributed by atoms with Gasteiger partial charge in [0.15, 0.2) is 0 Å². The summed E-state index contributed by atoms with van der Waals surface area (Å²) in [6.45, 7) is 2.92. The number of carbonyl (C=O) groups is 1. The number of ether oxygens (including phenoxy) is 1. The van der Waals surface area contributed by atoms with Crippen LogP contribution in [0.1, 0.15) is 36.6 Å². The SMILES string of the molecule is O=C(NCC(c1ccco1)N1CCCCC1)C1=Cc2ccccc2OC1. The van der Waals surface area contributed by atoms with Crippen molar-refractivity contribution in [2.45, 2.75) is 25.3 Å². The summed E-state index contributed by atoms with van der Waals surface area (Å²) >= 11 is 0. The van der Waals surface area contributed by atoms with Gasteiger partial charge in [0.2, 0.25) is 0 Å². The number of para-hydroxylation sites is 1. The highest BCUT2D eigenvalue weighted by Gasteiger charge is 2.26. The smallest absolute Gasteiger partial charge is 0.250 e. The molecule has 0 saturated carbocycles. The van der Waals surface area contributed by atoms with Gasteiger partial charge in [-0.3, -0.25) is 9.69 Å². The van der Waals surface area contributed by atoms with Gasteiger partial charge in [0, 0.05) is 12.1 Å². The summed E-state index contributed by atoms with van der Waals surface area (Å²) < 4.78 is 11.3. The maximum atomic E-state index is 12.7. The lowest BCUT2D eigenvalue weighted by molar-refractivity contribution is -0.118. The molecule has 1 fully saturated rings. The lowest BCUT2D eigenvalue weighted by atomic mass is 10.1. The van der Waals surface area contributed by atoms with Gasteiger partial charge in [0.25, 0.3) is 5.91 Å². The molecule has 2 aliphatic heterocycles. The first-order chi connectivity index (χ1) is 12.8. The zero-order valence-corrected chi connectivity index (χ0v) is 14.8. The van der Waals surface area contributed by atoms with Crippen molar-refractivity contribution in [2.24, 2.45) is 0 Å². The van der Waals surface area contributed by atoms with Gasteiger partial charge in [-0.25, -0.2) is 0 Å². The Labute approximate surface area is 153 Å². The highest BCUT2D eigenvalue weighted by atomic mass is 16.5. The van der Waals surface area contributed by atoms with E-state index < -0.39 is 0 Å². The van der Waals surface area contributed by atoms with Gasteiger partial charge in [0.05, 0.1) is 17.9 Å². The quantitative estimate of drug-likeness (QED) is 0.896. The minimum absolute atomic E-state index is 0.0756. The van der Waals surface area contributed by atoms with Crippen LogP contribution in [0.3, 0.4) is 0 Å². The van der Waals surface area contributed by atoms with Crippen LogP contribution >= 0.6 is 0 Å². The highest BCUT2D eigenvalue weighted by Crippen LogP contribution is 2.27. The number of piperidine rings is 1. The molecule has 0 bridgehead atoms. The molecule has 5 heteroatoms. The van der Waals surface area contributed by atoms with E-state index in [0.717, 1.165) is 30.2 Å². The van der Waals surface area contributed by atoms with Crippen LogP contribution in [0.2, 0.25) is 0 Å². The fourth-order valence-corrected chi connectivity index (χ4v) is 3.67. The number of amides is 1. The van der Waals surface area contributed by atoms with Gasteiger partial charge in [-0.15, -0.1) is 0 Å². The molecule has 0 spiro atoms. The molecule has 0 aliphatic carbocycles. The maximum absolute atomic E-state index is 12.7. The van der Waals surface area contributed by atoms with Crippen LogP contribution < -0.4 is 10.1 Å². The number of nitrogens with one attached hydrogen (secondary N) is 1.